The van der Waals surface area contributed by atoms with E-state index in [4.69, 9.17) is 9.05 Å². The molecule has 0 aliphatic carbocycles. The van der Waals surface area contributed by atoms with E-state index in [1.807, 2.05) is 0 Å². The molecular formula is C18H37O5P. The van der Waals surface area contributed by atoms with Crippen molar-refractivity contribution in [3.63, 3.8) is 0 Å². The van der Waals surface area contributed by atoms with Gasteiger partial charge in [0.05, 0.1) is 12.2 Å². The summed E-state index contributed by atoms with van der Waals surface area (Å²) in [6.07, 6.45) is 8.65. The lowest BCUT2D eigenvalue weighted by Gasteiger charge is -2.27. The minimum Gasteiger partial charge on any atom is -0.481 e. The summed E-state index contributed by atoms with van der Waals surface area (Å²) in [5.74, 6) is -1.09. The van der Waals surface area contributed by atoms with Crippen LogP contribution in [0, 0.1) is 0 Å². The predicted octanol–water partition coefficient (Wildman–Crippen LogP) is 6.01. The molecule has 6 heteroatoms. The molecule has 0 saturated carbocycles. The molecule has 0 aliphatic rings. The molecule has 0 radical (unpaired) electrons. The summed E-state index contributed by atoms with van der Waals surface area (Å²) < 4.78 is 23.9. The first-order valence-electron chi connectivity index (χ1n) is 9.42. The summed E-state index contributed by atoms with van der Waals surface area (Å²) in [5.41, 5.74) is -1.08. The molecule has 0 spiro atoms. The van der Waals surface area contributed by atoms with Gasteiger partial charge in [0.15, 0.2) is 5.66 Å². The van der Waals surface area contributed by atoms with Crippen LogP contribution in [0.2, 0.25) is 0 Å². The second-order valence-corrected chi connectivity index (χ2v) is 9.09. The Morgan fingerprint density at radius 1 is 0.875 bits per heavy atom. The second kappa shape index (κ2) is 12.9. The highest BCUT2D eigenvalue weighted by Gasteiger charge is 2.42. The summed E-state index contributed by atoms with van der Waals surface area (Å²) in [7, 11) is -3.67. The third kappa shape index (κ3) is 10.5. The standard InChI is InChI=1S/C18H37O5P/c1-6-7-8-9-10-11-12-13-14-17(18(19)20)24(21,22-15(2)3)23-16(4)5/h15-17H,6-14H2,1-5H3,(H,19,20). The van der Waals surface area contributed by atoms with Crippen LogP contribution in [0.3, 0.4) is 0 Å². The Bertz CT molecular complexity index is 368. The average molecular weight is 364 g/mol. The fourth-order valence-corrected chi connectivity index (χ4v) is 4.94. The topological polar surface area (TPSA) is 72.8 Å². The van der Waals surface area contributed by atoms with Gasteiger partial charge in [-0.25, -0.2) is 0 Å². The fraction of sp³-hybridized carbons (Fsp3) is 0.944. The van der Waals surface area contributed by atoms with E-state index in [1.54, 1.807) is 27.7 Å². The summed E-state index contributed by atoms with van der Waals surface area (Å²) in [6, 6.07) is 0. The molecule has 1 unspecified atom stereocenters. The van der Waals surface area contributed by atoms with Crippen molar-refractivity contribution in [2.24, 2.45) is 0 Å². The molecule has 0 aromatic heterocycles. The Hall–Kier alpha value is -0.380. The van der Waals surface area contributed by atoms with Crippen LogP contribution in [-0.4, -0.2) is 28.9 Å². The lowest BCUT2D eigenvalue weighted by Crippen LogP contribution is -2.26. The minimum atomic E-state index is -3.67. The largest absolute Gasteiger partial charge is 0.481 e. The second-order valence-electron chi connectivity index (χ2n) is 6.97. The molecule has 1 atom stereocenters. The van der Waals surface area contributed by atoms with Crippen molar-refractivity contribution in [2.75, 3.05) is 0 Å². The molecule has 24 heavy (non-hydrogen) atoms. The molecule has 0 aromatic rings. The predicted molar refractivity (Wildman–Crippen MR) is 98.7 cm³/mol. The van der Waals surface area contributed by atoms with Gasteiger partial charge in [-0.2, -0.15) is 0 Å². The van der Waals surface area contributed by atoms with Gasteiger partial charge >= 0.3 is 13.6 Å². The summed E-state index contributed by atoms with van der Waals surface area (Å²) in [6.45, 7) is 9.16. The molecule has 0 aromatic carbocycles. The van der Waals surface area contributed by atoms with Crippen LogP contribution in [0.25, 0.3) is 0 Å². The van der Waals surface area contributed by atoms with Gasteiger partial charge in [0, 0.05) is 0 Å². The highest BCUT2D eigenvalue weighted by atomic mass is 31.2. The molecule has 0 heterocycles. The first-order chi connectivity index (χ1) is 11.2. The molecule has 0 aliphatic heterocycles. The first-order valence-corrected chi connectivity index (χ1v) is 11.0. The molecule has 0 saturated heterocycles. The Morgan fingerprint density at radius 3 is 1.67 bits per heavy atom. The smallest absolute Gasteiger partial charge is 0.345 e. The third-order valence-corrected chi connectivity index (χ3v) is 6.39. The summed E-state index contributed by atoms with van der Waals surface area (Å²) in [4.78, 5) is 11.6. The highest BCUT2D eigenvalue weighted by Crippen LogP contribution is 2.56. The maximum absolute atomic E-state index is 13.0. The number of hydrogen-bond donors (Lipinski definition) is 1. The quantitative estimate of drug-likeness (QED) is 0.284. The number of carboxylic acid groups (broad SMARTS) is 1. The molecule has 144 valence electrons. The van der Waals surface area contributed by atoms with Gasteiger partial charge in [0.2, 0.25) is 0 Å². The molecule has 0 amide bonds. The number of rotatable bonds is 15. The Balaban J connectivity index is 4.48. The Kier molecular flexibility index (Phi) is 12.7. The van der Waals surface area contributed by atoms with Crippen molar-refractivity contribution >= 4 is 13.6 Å². The number of carbonyl (C=O) groups is 1. The zero-order chi connectivity index (χ0) is 18.6. The monoisotopic (exact) mass is 364 g/mol. The fourth-order valence-electron chi connectivity index (χ4n) is 2.65. The van der Waals surface area contributed by atoms with Gasteiger partial charge in [-0.3, -0.25) is 9.36 Å². The van der Waals surface area contributed by atoms with Crippen LogP contribution in [-0.2, 0) is 18.4 Å². The van der Waals surface area contributed by atoms with Crippen molar-refractivity contribution in [3.05, 3.63) is 0 Å². The molecule has 1 N–H and O–H groups in total. The Morgan fingerprint density at radius 2 is 1.29 bits per heavy atom. The normalized spacial score (nSPS) is 13.6. The van der Waals surface area contributed by atoms with Gasteiger partial charge in [-0.15, -0.1) is 0 Å². The minimum absolute atomic E-state index is 0.334. The number of hydrogen-bond acceptors (Lipinski definition) is 4. The number of aliphatic carboxylic acids is 1. The molecular weight excluding hydrogens is 327 g/mol. The SMILES string of the molecule is CCCCCCCCCCC(C(=O)O)P(=O)(OC(C)C)OC(C)C. The average Bonchev–Trinajstić information content (AvgIpc) is 2.43. The van der Waals surface area contributed by atoms with Crippen molar-refractivity contribution in [2.45, 2.75) is 110 Å². The Labute approximate surface area is 148 Å². The maximum Gasteiger partial charge on any atom is 0.345 e. The van der Waals surface area contributed by atoms with Gasteiger partial charge in [0.1, 0.15) is 0 Å². The number of carboxylic acids is 1. The summed E-state index contributed by atoms with van der Waals surface area (Å²) in [5, 5.41) is 9.50. The van der Waals surface area contributed by atoms with Gasteiger partial charge in [-0.1, -0.05) is 58.3 Å². The van der Waals surface area contributed by atoms with Crippen LogP contribution in [0.1, 0.15) is 92.4 Å². The van der Waals surface area contributed by atoms with E-state index in [2.05, 4.69) is 6.92 Å². The van der Waals surface area contributed by atoms with E-state index in [9.17, 15) is 14.5 Å². The van der Waals surface area contributed by atoms with E-state index in [0.29, 0.717) is 6.42 Å². The van der Waals surface area contributed by atoms with Crippen molar-refractivity contribution in [3.8, 4) is 0 Å². The van der Waals surface area contributed by atoms with Crippen LogP contribution >= 0.6 is 7.60 Å². The van der Waals surface area contributed by atoms with Gasteiger partial charge in [0.25, 0.3) is 0 Å². The van der Waals surface area contributed by atoms with Gasteiger partial charge in [-0.05, 0) is 34.1 Å². The molecule has 0 bridgehead atoms. The van der Waals surface area contributed by atoms with E-state index in [-0.39, 0.29) is 12.2 Å². The van der Waals surface area contributed by atoms with Crippen LogP contribution < -0.4 is 0 Å². The van der Waals surface area contributed by atoms with Crippen molar-refractivity contribution in [1.29, 1.82) is 0 Å². The number of unbranched alkanes of at least 4 members (excludes halogenated alkanes) is 7. The van der Waals surface area contributed by atoms with E-state index < -0.39 is 19.2 Å². The van der Waals surface area contributed by atoms with E-state index in [0.717, 1.165) is 19.3 Å². The first kappa shape index (κ1) is 23.6. The van der Waals surface area contributed by atoms with Crippen LogP contribution in [0.4, 0.5) is 0 Å². The maximum atomic E-state index is 13.0. The van der Waals surface area contributed by atoms with Crippen molar-refractivity contribution < 1.29 is 23.5 Å². The van der Waals surface area contributed by atoms with E-state index >= 15 is 0 Å². The highest BCUT2D eigenvalue weighted by molar-refractivity contribution is 7.55. The summed E-state index contributed by atoms with van der Waals surface area (Å²) >= 11 is 0. The zero-order valence-corrected chi connectivity index (χ0v) is 17.0. The van der Waals surface area contributed by atoms with Crippen LogP contribution in [0.15, 0.2) is 0 Å². The van der Waals surface area contributed by atoms with Gasteiger partial charge < -0.3 is 14.2 Å². The lowest BCUT2D eigenvalue weighted by molar-refractivity contribution is -0.137. The molecule has 5 nitrogen and oxygen atoms in total. The molecule has 0 fully saturated rings. The van der Waals surface area contributed by atoms with Crippen molar-refractivity contribution in [1.82, 2.24) is 0 Å². The zero-order valence-electron chi connectivity index (χ0n) is 16.1. The lowest BCUT2D eigenvalue weighted by atomic mass is 10.1. The molecule has 0 rings (SSSR count). The third-order valence-electron chi connectivity index (χ3n) is 3.71. The van der Waals surface area contributed by atoms with Crippen LogP contribution in [0.5, 0.6) is 0 Å². The van der Waals surface area contributed by atoms with E-state index in [1.165, 1.54) is 32.1 Å².